The number of hydrogen-bond acceptors (Lipinski definition) is 5. The first-order valence-corrected chi connectivity index (χ1v) is 12.1. The summed E-state index contributed by atoms with van der Waals surface area (Å²) in [5, 5.41) is 2.33. The minimum absolute atomic E-state index is 0.0287. The molecule has 0 atom stereocenters. The van der Waals surface area contributed by atoms with Crippen LogP contribution in [-0.4, -0.2) is 61.2 Å². The number of nitrogens with one attached hydrogen (secondary N) is 1. The number of aromatic amines is 1. The maximum absolute atomic E-state index is 12.6. The third-order valence-corrected chi connectivity index (χ3v) is 7.60. The number of hydrogen-bond donors (Lipinski definition) is 1. The number of benzene rings is 2. The number of aromatic nitrogens is 1. The SMILES string of the molecule is COc1ccc2[nH]c(=O)c3c(c2c1)CN(CCCN1CCN(c2cccc(Cl)c2Cl)CC1)C3. The molecule has 0 saturated carbocycles. The topological polar surface area (TPSA) is 51.8 Å². The number of methoxy groups -OCH3 is 1. The van der Waals surface area contributed by atoms with E-state index < -0.39 is 0 Å². The molecule has 2 aromatic carbocycles. The van der Waals surface area contributed by atoms with Gasteiger partial charge < -0.3 is 14.6 Å². The fraction of sp³-hybridized carbons (Fsp3) is 0.400. The van der Waals surface area contributed by atoms with Gasteiger partial charge in [-0.05, 0) is 48.9 Å². The maximum atomic E-state index is 12.6. The van der Waals surface area contributed by atoms with Gasteiger partial charge >= 0.3 is 0 Å². The summed E-state index contributed by atoms with van der Waals surface area (Å²) in [6, 6.07) is 11.7. The molecular weight excluding hydrogens is 459 g/mol. The molecule has 0 amide bonds. The highest BCUT2D eigenvalue weighted by Crippen LogP contribution is 2.33. The first-order valence-electron chi connectivity index (χ1n) is 11.4. The molecule has 6 nitrogen and oxygen atoms in total. The fourth-order valence-electron chi connectivity index (χ4n) is 4.98. The van der Waals surface area contributed by atoms with E-state index in [2.05, 4.69) is 19.7 Å². The van der Waals surface area contributed by atoms with Crippen molar-refractivity contribution in [3.8, 4) is 5.75 Å². The van der Waals surface area contributed by atoms with Crippen molar-refractivity contribution in [3.05, 3.63) is 67.9 Å². The van der Waals surface area contributed by atoms with Crippen LogP contribution in [-0.2, 0) is 13.1 Å². The molecule has 174 valence electrons. The van der Waals surface area contributed by atoms with Crippen LogP contribution in [0.4, 0.5) is 5.69 Å². The molecular formula is C25H28Cl2N4O2. The van der Waals surface area contributed by atoms with E-state index in [9.17, 15) is 4.79 Å². The van der Waals surface area contributed by atoms with Crippen molar-refractivity contribution >= 4 is 39.8 Å². The molecule has 1 fully saturated rings. The van der Waals surface area contributed by atoms with Gasteiger partial charge in [0.1, 0.15) is 5.75 Å². The lowest BCUT2D eigenvalue weighted by Gasteiger charge is -2.36. The maximum Gasteiger partial charge on any atom is 0.253 e. The summed E-state index contributed by atoms with van der Waals surface area (Å²) in [6.45, 7) is 7.44. The van der Waals surface area contributed by atoms with E-state index in [1.54, 1.807) is 7.11 Å². The second-order valence-electron chi connectivity index (χ2n) is 8.79. The molecule has 8 heteroatoms. The quantitative estimate of drug-likeness (QED) is 0.560. The predicted octanol–water partition coefficient (Wildman–Crippen LogP) is 4.37. The monoisotopic (exact) mass is 486 g/mol. The molecule has 2 aliphatic rings. The summed E-state index contributed by atoms with van der Waals surface area (Å²) < 4.78 is 5.39. The van der Waals surface area contributed by atoms with Crippen LogP contribution in [0.5, 0.6) is 5.75 Å². The van der Waals surface area contributed by atoms with E-state index in [1.165, 1.54) is 0 Å². The van der Waals surface area contributed by atoms with Crippen LogP contribution in [0.3, 0.4) is 0 Å². The van der Waals surface area contributed by atoms with Crippen LogP contribution < -0.4 is 15.2 Å². The Hall–Kier alpha value is -2.25. The van der Waals surface area contributed by atoms with Gasteiger partial charge in [-0.25, -0.2) is 0 Å². The molecule has 0 aliphatic carbocycles. The largest absolute Gasteiger partial charge is 0.497 e. The van der Waals surface area contributed by atoms with Gasteiger partial charge in [-0.2, -0.15) is 0 Å². The number of fused-ring (bicyclic) bond motifs is 3. The van der Waals surface area contributed by atoms with Crippen LogP contribution in [0.15, 0.2) is 41.2 Å². The number of rotatable bonds is 6. The summed E-state index contributed by atoms with van der Waals surface area (Å²) in [6.07, 6.45) is 1.07. The predicted molar refractivity (Wildman–Crippen MR) is 135 cm³/mol. The highest BCUT2D eigenvalue weighted by molar-refractivity contribution is 6.43. The normalized spacial score (nSPS) is 17.0. The van der Waals surface area contributed by atoms with E-state index in [4.69, 9.17) is 27.9 Å². The number of ether oxygens (including phenoxy) is 1. The lowest BCUT2D eigenvalue weighted by Crippen LogP contribution is -2.47. The Morgan fingerprint density at radius 3 is 2.52 bits per heavy atom. The van der Waals surface area contributed by atoms with E-state index in [0.29, 0.717) is 16.6 Å². The summed E-state index contributed by atoms with van der Waals surface area (Å²) in [7, 11) is 1.67. The lowest BCUT2D eigenvalue weighted by molar-refractivity contribution is 0.220. The highest BCUT2D eigenvalue weighted by atomic mass is 35.5. The van der Waals surface area contributed by atoms with Gasteiger partial charge in [-0.15, -0.1) is 0 Å². The van der Waals surface area contributed by atoms with Crippen LogP contribution in [0.25, 0.3) is 10.9 Å². The molecule has 1 aromatic heterocycles. The molecule has 5 rings (SSSR count). The van der Waals surface area contributed by atoms with Crippen molar-refractivity contribution in [2.75, 3.05) is 51.3 Å². The van der Waals surface area contributed by atoms with Gasteiger partial charge in [0.25, 0.3) is 5.56 Å². The molecule has 0 unspecified atom stereocenters. The molecule has 0 bridgehead atoms. The van der Waals surface area contributed by atoms with E-state index in [-0.39, 0.29) is 5.56 Å². The van der Waals surface area contributed by atoms with Crippen molar-refractivity contribution in [2.24, 2.45) is 0 Å². The minimum atomic E-state index is 0.0287. The zero-order valence-corrected chi connectivity index (χ0v) is 20.3. The number of halogens is 2. The molecule has 3 heterocycles. The first-order chi connectivity index (χ1) is 16.0. The second kappa shape index (κ2) is 9.55. The number of anilines is 1. The molecule has 1 saturated heterocycles. The molecule has 1 N–H and O–H groups in total. The Morgan fingerprint density at radius 1 is 0.970 bits per heavy atom. The average Bonchev–Trinajstić information content (AvgIpc) is 3.26. The van der Waals surface area contributed by atoms with E-state index in [0.717, 1.165) is 85.7 Å². The van der Waals surface area contributed by atoms with Crippen molar-refractivity contribution in [1.29, 1.82) is 0 Å². The third kappa shape index (κ3) is 4.58. The van der Waals surface area contributed by atoms with E-state index in [1.807, 2.05) is 36.4 Å². The van der Waals surface area contributed by atoms with Gasteiger partial charge in [0.15, 0.2) is 0 Å². The highest BCUT2D eigenvalue weighted by Gasteiger charge is 2.25. The second-order valence-corrected chi connectivity index (χ2v) is 9.57. The van der Waals surface area contributed by atoms with Gasteiger partial charge in [0, 0.05) is 62.3 Å². The molecule has 0 spiro atoms. The van der Waals surface area contributed by atoms with Crippen LogP contribution >= 0.6 is 23.2 Å². The van der Waals surface area contributed by atoms with Crippen LogP contribution in [0.1, 0.15) is 17.5 Å². The number of piperazine rings is 1. The lowest BCUT2D eigenvalue weighted by atomic mass is 10.1. The van der Waals surface area contributed by atoms with Crippen LogP contribution in [0.2, 0.25) is 10.0 Å². The Labute approximate surface area is 203 Å². The van der Waals surface area contributed by atoms with Crippen LogP contribution in [0, 0.1) is 0 Å². The Balaban J connectivity index is 1.15. The van der Waals surface area contributed by atoms with Gasteiger partial charge in [-0.1, -0.05) is 29.3 Å². The van der Waals surface area contributed by atoms with Gasteiger partial charge in [0.2, 0.25) is 0 Å². The summed E-state index contributed by atoms with van der Waals surface area (Å²) in [4.78, 5) is 22.8. The van der Waals surface area contributed by atoms with Crippen molar-refractivity contribution in [3.63, 3.8) is 0 Å². The fourth-order valence-corrected chi connectivity index (χ4v) is 5.40. The van der Waals surface area contributed by atoms with Crippen molar-refractivity contribution < 1.29 is 4.74 Å². The average molecular weight is 487 g/mol. The van der Waals surface area contributed by atoms with Crippen molar-refractivity contribution in [1.82, 2.24) is 14.8 Å². The molecule has 33 heavy (non-hydrogen) atoms. The molecule has 2 aliphatic heterocycles. The number of nitrogens with zero attached hydrogens (tertiary/aromatic N) is 3. The Kier molecular flexibility index (Phi) is 6.52. The van der Waals surface area contributed by atoms with Gasteiger partial charge in [-0.3, -0.25) is 14.6 Å². The van der Waals surface area contributed by atoms with Gasteiger partial charge in [0.05, 0.1) is 22.8 Å². The third-order valence-electron chi connectivity index (χ3n) is 6.79. The first kappa shape index (κ1) is 22.5. The summed E-state index contributed by atoms with van der Waals surface area (Å²) in [5.74, 6) is 0.813. The standard InChI is InChI=1S/C25H28Cl2N4O2/c1-33-17-6-7-22-18(14-17)19-15-30(16-20(19)25(32)28-22)9-3-8-29-10-12-31(13-11-29)23-5-2-4-21(26)24(23)27/h2,4-7,14H,3,8-13,15-16H2,1H3,(H,28,32). The van der Waals surface area contributed by atoms with E-state index >= 15 is 0 Å². The minimum Gasteiger partial charge on any atom is -0.497 e. The molecule has 0 radical (unpaired) electrons. The zero-order chi connectivity index (χ0) is 22.9. The number of H-pyrrole nitrogens is 1. The Morgan fingerprint density at radius 2 is 1.73 bits per heavy atom. The zero-order valence-electron chi connectivity index (χ0n) is 18.7. The Bertz CT molecular complexity index is 1220. The molecule has 3 aromatic rings. The summed E-state index contributed by atoms with van der Waals surface area (Å²) in [5.41, 5.74) is 3.95. The number of pyridine rings is 1. The smallest absolute Gasteiger partial charge is 0.253 e. The van der Waals surface area contributed by atoms with Crippen molar-refractivity contribution in [2.45, 2.75) is 19.5 Å². The summed E-state index contributed by atoms with van der Waals surface area (Å²) >= 11 is 12.6.